The summed E-state index contributed by atoms with van der Waals surface area (Å²) >= 11 is 0. The number of hydrogen-bond acceptors (Lipinski definition) is 3. The van der Waals surface area contributed by atoms with Crippen molar-refractivity contribution in [3.05, 3.63) is 101 Å². The number of carbonyl (C=O) groups excluding carboxylic acids is 2. The van der Waals surface area contributed by atoms with Crippen molar-refractivity contribution in [1.29, 1.82) is 0 Å². The third kappa shape index (κ3) is 8.49. The van der Waals surface area contributed by atoms with Crippen LogP contribution in [0, 0.1) is 6.92 Å². The second-order valence-corrected chi connectivity index (χ2v) is 9.84. The molecular weight excluding hydrogens is 460 g/mol. The molecule has 0 aliphatic heterocycles. The maximum Gasteiger partial charge on any atom is 0.261 e. The van der Waals surface area contributed by atoms with Gasteiger partial charge in [-0.1, -0.05) is 106 Å². The molecule has 2 amide bonds. The van der Waals surface area contributed by atoms with Crippen LogP contribution in [-0.2, 0) is 22.6 Å². The van der Waals surface area contributed by atoms with Crippen LogP contribution < -0.4 is 10.1 Å². The number of para-hydroxylation sites is 1. The lowest BCUT2D eigenvalue weighted by atomic mass is 10.0. The van der Waals surface area contributed by atoms with Gasteiger partial charge in [-0.15, -0.1) is 0 Å². The van der Waals surface area contributed by atoms with Gasteiger partial charge in [-0.3, -0.25) is 9.59 Å². The molecule has 0 fully saturated rings. The fraction of sp³-hybridized carbons (Fsp3) is 0.375. The zero-order valence-corrected chi connectivity index (χ0v) is 22.6. The lowest BCUT2D eigenvalue weighted by Crippen LogP contribution is -2.51. The molecule has 0 unspecified atom stereocenters. The van der Waals surface area contributed by atoms with Crippen molar-refractivity contribution in [1.82, 2.24) is 10.2 Å². The summed E-state index contributed by atoms with van der Waals surface area (Å²) in [4.78, 5) is 28.9. The first-order chi connectivity index (χ1) is 17.9. The summed E-state index contributed by atoms with van der Waals surface area (Å²) in [5, 5.41) is 3.06. The van der Waals surface area contributed by atoms with Gasteiger partial charge in [0.05, 0.1) is 0 Å². The highest BCUT2D eigenvalue weighted by molar-refractivity contribution is 5.88. The molecule has 0 aromatic heterocycles. The summed E-state index contributed by atoms with van der Waals surface area (Å²) in [6, 6.07) is 25.1. The van der Waals surface area contributed by atoms with E-state index >= 15 is 0 Å². The standard InChI is InChI=1S/C32H40N2O3/c1-5-6-20-33-32(36)29(21-26-12-8-7-9-13-26)34(22-27-18-16-25(4)17-19-27)31(35)23-37-30-15-11-10-14-28(30)24(2)3/h7-19,24,29H,5-6,20-23H2,1-4H3,(H,33,36)/t29-/m0/s1. The Labute approximate surface area is 221 Å². The first-order valence-electron chi connectivity index (χ1n) is 13.3. The fourth-order valence-corrected chi connectivity index (χ4v) is 4.26. The van der Waals surface area contributed by atoms with Gasteiger partial charge in [0.2, 0.25) is 5.91 Å². The minimum absolute atomic E-state index is 0.136. The third-order valence-electron chi connectivity index (χ3n) is 6.47. The summed E-state index contributed by atoms with van der Waals surface area (Å²) < 4.78 is 6.05. The first kappa shape index (κ1) is 28.0. The molecular formula is C32H40N2O3. The van der Waals surface area contributed by atoms with Gasteiger partial charge in [-0.05, 0) is 42.0 Å². The van der Waals surface area contributed by atoms with E-state index in [0.717, 1.165) is 35.1 Å². The monoisotopic (exact) mass is 500 g/mol. The SMILES string of the molecule is CCCCNC(=O)[C@H](Cc1ccccc1)N(Cc1ccc(C)cc1)C(=O)COc1ccccc1C(C)C. The molecule has 0 saturated heterocycles. The van der Waals surface area contributed by atoms with E-state index in [9.17, 15) is 9.59 Å². The van der Waals surface area contributed by atoms with E-state index in [1.54, 1.807) is 4.90 Å². The van der Waals surface area contributed by atoms with Gasteiger partial charge in [0, 0.05) is 19.5 Å². The number of nitrogens with zero attached hydrogens (tertiary/aromatic N) is 1. The van der Waals surface area contributed by atoms with E-state index in [1.165, 1.54) is 0 Å². The van der Waals surface area contributed by atoms with Crippen LogP contribution in [0.4, 0.5) is 0 Å². The molecule has 0 heterocycles. The van der Waals surface area contributed by atoms with E-state index in [-0.39, 0.29) is 24.3 Å². The fourth-order valence-electron chi connectivity index (χ4n) is 4.26. The Morgan fingerprint density at radius 2 is 1.57 bits per heavy atom. The van der Waals surface area contributed by atoms with Gasteiger partial charge >= 0.3 is 0 Å². The quantitative estimate of drug-likeness (QED) is 0.291. The number of ether oxygens (including phenoxy) is 1. The molecule has 1 N–H and O–H groups in total. The first-order valence-corrected chi connectivity index (χ1v) is 13.3. The Morgan fingerprint density at radius 1 is 0.892 bits per heavy atom. The Kier molecular flexibility index (Phi) is 10.8. The van der Waals surface area contributed by atoms with E-state index in [1.807, 2.05) is 85.8 Å². The van der Waals surface area contributed by atoms with Crippen molar-refractivity contribution in [2.45, 2.75) is 65.5 Å². The normalized spacial score (nSPS) is 11.7. The van der Waals surface area contributed by atoms with Gasteiger partial charge in [0.1, 0.15) is 11.8 Å². The van der Waals surface area contributed by atoms with Gasteiger partial charge in [-0.25, -0.2) is 0 Å². The summed E-state index contributed by atoms with van der Waals surface area (Å²) in [5.41, 5.74) is 4.18. The van der Waals surface area contributed by atoms with Crippen LogP contribution in [0.3, 0.4) is 0 Å². The number of nitrogens with one attached hydrogen (secondary N) is 1. The van der Waals surface area contributed by atoms with Crippen molar-refractivity contribution in [2.24, 2.45) is 0 Å². The molecule has 3 aromatic rings. The zero-order valence-electron chi connectivity index (χ0n) is 22.6. The van der Waals surface area contributed by atoms with Crippen molar-refractivity contribution in [3.8, 4) is 5.75 Å². The van der Waals surface area contributed by atoms with Crippen LogP contribution in [0.2, 0.25) is 0 Å². The van der Waals surface area contributed by atoms with Crippen molar-refractivity contribution in [3.63, 3.8) is 0 Å². The molecule has 0 saturated carbocycles. The highest BCUT2D eigenvalue weighted by Crippen LogP contribution is 2.26. The van der Waals surface area contributed by atoms with E-state index in [0.29, 0.717) is 25.3 Å². The largest absolute Gasteiger partial charge is 0.483 e. The van der Waals surface area contributed by atoms with E-state index in [4.69, 9.17) is 4.74 Å². The molecule has 5 nitrogen and oxygen atoms in total. The smallest absolute Gasteiger partial charge is 0.261 e. The molecule has 0 spiro atoms. The van der Waals surface area contributed by atoms with Gasteiger partial charge in [0.15, 0.2) is 6.61 Å². The average molecular weight is 501 g/mol. The molecule has 196 valence electrons. The lowest BCUT2D eigenvalue weighted by Gasteiger charge is -2.31. The van der Waals surface area contributed by atoms with Gasteiger partial charge < -0.3 is 15.0 Å². The van der Waals surface area contributed by atoms with Crippen LogP contribution in [-0.4, -0.2) is 35.9 Å². The van der Waals surface area contributed by atoms with Crippen LogP contribution in [0.5, 0.6) is 5.75 Å². The number of rotatable bonds is 13. The van der Waals surface area contributed by atoms with Crippen LogP contribution >= 0.6 is 0 Å². The Hall–Kier alpha value is -3.60. The molecule has 0 aliphatic rings. The minimum Gasteiger partial charge on any atom is -0.483 e. The zero-order chi connectivity index (χ0) is 26.6. The molecule has 0 bridgehead atoms. The number of amides is 2. The predicted octanol–water partition coefficient (Wildman–Crippen LogP) is 6.05. The Balaban J connectivity index is 1.90. The summed E-state index contributed by atoms with van der Waals surface area (Å²) in [5.74, 6) is 0.615. The maximum absolute atomic E-state index is 13.8. The number of unbranched alkanes of at least 4 members (excludes halogenated alkanes) is 1. The average Bonchev–Trinajstić information content (AvgIpc) is 2.91. The van der Waals surface area contributed by atoms with E-state index < -0.39 is 6.04 Å². The molecule has 0 radical (unpaired) electrons. The molecule has 1 atom stereocenters. The maximum atomic E-state index is 13.8. The second-order valence-electron chi connectivity index (χ2n) is 9.84. The number of benzene rings is 3. The number of aryl methyl sites for hydroxylation is 1. The topological polar surface area (TPSA) is 58.6 Å². The third-order valence-corrected chi connectivity index (χ3v) is 6.47. The number of hydrogen-bond donors (Lipinski definition) is 1. The lowest BCUT2D eigenvalue weighted by molar-refractivity contribution is -0.142. The summed E-state index contributed by atoms with van der Waals surface area (Å²) in [6.45, 7) is 9.11. The Bertz CT molecular complexity index is 1130. The molecule has 37 heavy (non-hydrogen) atoms. The minimum atomic E-state index is -0.656. The highest BCUT2D eigenvalue weighted by Gasteiger charge is 2.30. The second kappa shape index (κ2) is 14.2. The van der Waals surface area contributed by atoms with Crippen molar-refractivity contribution < 1.29 is 14.3 Å². The molecule has 3 aromatic carbocycles. The molecule has 0 aliphatic carbocycles. The Morgan fingerprint density at radius 3 is 2.24 bits per heavy atom. The summed E-state index contributed by atoms with van der Waals surface area (Å²) in [7, 11) is 0. The van der Waals surface area contributed by atoms with Crippen molar-refractivity contribution in [2.75, 3.05) is 13.2 Å². The van der Waals surface area contributed by atoms with Crippen LogP contribution in [0.15, 0.2) is 78.9 Å². The number of carbonyl (C=O) groups is 2. The highest BCUT2D eigenvalue weighted by atomic mass is 16.5. The predicted molar refractivity (Wildman–Crippen MR) is 150 cm³/mol. The van der Waals surface area contributed by atoms with Crippen LogP contribution in [0.1, 0.15) is 61.8 Å². The molecule has 5 heteroatoms. The van der Waals surface area contributed by atoms with Crippen molar-refractivity contribution >= 4 is 11.8 Å². The van der Waals surface area contributed by atoms with Gasteiger partial charge in [0.25, 0.3) is 5.91 Å². The summed E-state index contributed by atoms with van der Waals surface area (Å²) in [6.07, 6.45) is 2.31. The molecule has 3 rings (SSSR count). The van der Waals surface area contributed by atoms with Gasteiger partial charge in [-0.2, -0.15) is 0 Å². The van der Waals surface area contributed by atoms with Crippen LogP contribution in [0.25, 0.3) is 0 Å². The van der Waals surface area contributed by atoms with E-state index in [2.05, 4.69) is 26.1 Å².